The van der Waals surface area contributed by atoms with Crippen LogP contribution in [0.3, 0.4) is 0 Å². The summed E-state index contributed by atoms with van der Waals surface area (Å²) in [5.74, 6) is -2.63. The van der Waals surface area contributed by atoms with E-state index in [1.807, 2.05) is 18.3 Å². The van der Waals surface area contributed by atoms with E-state index in [9.17, 15) is 13.6 Å². The molecule has 1 aliphatic carbocycles. The van der Waals surface area contributed by atoms with Gasteiger partial charge < -0.3 is 15.2 Å². The van der Waals surface area contributed by atoms with Crippen molar-refractivity contribution in [3.05, 3.63) is 35.0 Å². The number of rotatable bonds is 5. The molecule has 2 fully saturated rings. The van der Waals surface area contributed by atoms with Gasteiger partial charge in [-0.1, -0.05) is 17.7 Å². The Labute approximate surface area is 162 Å². The molecule has 2 aromatic rings. The van der Waals surface area contributed by atoms with Gasteiger partial charge in [-0.15, -0.1) is 0 Å². The van der Waals surface area contributed by atoms with Crippen LogP contribution in [0.2, 0.25) is 5.02 Å². The first kappa shape index (κ1) is 18.7. The van der Waals surface area contributed by atoms with Crippen LogP contribution in [0.1, 0.15) is 42.5 Å². The van der Waals surface area contributed by atoms with Gasteiger partial charge >= 0.3 is 0 Å². The van der Waals surface area contributed by atoms with Gasteiger partial charge in [0.1, 0.15) is 0 Å². The summed E-state index contributed by atoms with van der Waals surface area (Å²) in [6, 6.07) is 6.06. The molecule has 0 bridgehead atoms. The molecule has 1 aliphatic heterocycles. The minimum atomic E-state index is -2.54. The lowest BCUT2D eigenvalue weighted by Gasteiger charge is -2.28. The van der Waals surface area contributed by atoms with Crippen molar-refractivity contribution < 1.29 is 13.6 Å². The number of halogens is 3. The summed E-state index contributed by atoms with van der Waals surface area (Å²) in [6.07, 6.45) is 3.70. The summed E-state index contributed by atoms with van der Waals surface area (Å²) < 4.78 is 28.7. The van der Waals surface area contributed by atoms with Crippen LogP contribution in [0.15, 0.2) is 24.4 Å². The lowest BCUT2D eigenvalue weighted by Crippen LogP contribution is -2.45. The van der Waals surface area contributed by atoms with Gasteiger partial charge in [-0.05, 0) is 43.9 Å². The van der Waals surface area contributed by atoms with Crippen LogP contribution < -0.4 is 10.6 Å². The molecule has 1 aromatic heterocycles. The van der Waals surface area contributed by atoms with E-state index in [4.69, 9.17) is 11.6 Å². The lowest BCUT2D eigenvalue weighted by molar-refractivity contribution is -0.0452. The third-order valence-electron chi connectivity index (χ3n) is 5.83. The first-order chi connectivity index (χ1) is 12.9. The average Bonchev–Trinajstić information content (AvgIpc) is 2.97. The molecule has 0 spiro atoms. The minimum Gasteiger partial charge on any atom is -0.352 e. The predicted octanol–water partition coefficient (Wildman–Crippen LogP) is 4.21. The van der Waals surface area contributed by atoms with Gasteiger partial charge in [0.15, 0.2) is 0 Å². The summed E-state index contributed by atoms with van der Waals surface area (Å²) in [6.45, 7) is 2.25. The van der Waals surface area contributed by atoms with Crippen LogP contribution in [-0.2, 0) is 6.54 Å². The molecule has 0 radical (unpaired) electrons. The minimum absolute atomic E-state index is 0.0902. The zero-order valence-corrected chi connectivity index (χ0v) is 15.9. The lowest BCUT2D eigenvalue weighted by atomic mass is 9.87. The Bertz CT molecular complexity index is 837. The molecule has 1 amide bonds. The summed E-state index contributed by atoms with van der Waals surface area (Å²) >= 11 is 6.39. The number of fused-ring (bicyclic) bond motifs is 1. The number of aromatic nitrogens is 1. The van der Waals surface area contributed by atoms with E-state index in [1.165, 1.54) is 0 Å². The van der Waals surface area contributed by atoms with Crippen molar-refractivity contribution in [2.45, 2.75) is 50.6 Å². The maximum absolute atomic E-state index is 13.3. The largest absolute Gasteiger partial charge is 0.352 e. The number of hydrogen-bond donors (Lipinski definition) is 2. The maximum Gasteiger partial charge on any atom is 0.253 e. The van der Waals surface area contributed by atoms with E-state index in [1.54, 1.807) is 6.07 Å². The second-order valence-corrected chi connectivity index (χ2v) is 8.19. The Kier molecular flexibility index (Phi) is 5.12. The van der Waals surface area contributed by atoms with Gasteiger partial charge in [-0.25, -0.2) is 8.78 Å². The number of benzene rings is 1. The molecule has 1 saturated carbocycles. The molecule has 2 heterocycles. The van der Waals surface area contributed by atoms with Crippen LogP contribution in [-0.4, -0.2) is 35.5 Å². The third-order valence-corrected chi connectivity index (χ3v) is 6.15. The fraction of sp³-hybridized carbons (Fsp3) is 0.550. The van der Waals surface area contributed by atoms with Crippen molar-refractivity contribution >= 4 is 28.4 Å². The fourth-order valence-corrected chi connectivity index (χ4v) is 4.28. The van der Waals surface area contributed by atoms with Gasteiger partial charge in [-0.3, -0.25) is 4.79 Å². The number of carbonyl (C=O) groups is 1. The molecule has 7 heteroatoms. The zero-order chi connectivity index (χ0) is 19.0. The molecule has 2 aliphatic rings. The molecule has 2 N–H and O–H groups in total. The highest BCUT2D eigenvalue weighted by Gasteiger charge is 2.35. The van der Waals surface area contributed by atoms with Crippen molar-refractivity contribution in [1.82, 2.24) is 15.2 Å². The summed E-state index contributed by atoms with van der Waals surface area (Å²) in [4.78, 5) is 12.8. The Hall–Kier alpha value is -1.66. The van der Waals surface area contributed by atoms with E-state index in [2.05, 4.69) is 15.2 Å². The summed E-state index contributed by atoms with van der Waals surface area (Å²) in [5, 5.41) is 7.62. The van der Waals surface area contributed by atoms with Gasteiger partial charge in [0.2, 0.25) is 5.92 Å². The van der Waals surface area contributed by atoms with E-state index in [-0.39, 0.29) is 24.7 Å². The highest BCUT2D eigenvalue weighted by atomic mass is 35.5. The number of carbonyl (C=O) groups excluding carboxylic acids is 1. The molecule has 1 atom stereocenters. The van der Waals surface area contributed by atoms with E-state index < -0.39 is 5.92 Å². The Morgan fingerprint density at radius 3 is 2.70 bits per heavy atom. The summed E-state index contributed by atoms with van der Waals surface area (Å²) in [5.41, 5.74) is 1.50. The van der Waals surface area contributed by atoms with Gasteiger partial charge in [0.25, 0.3) is 5.91 Å². The highest BCUT2D eigenvalue weighted by Crippen LogP contribution is 2.36. The number of nitrogens with zero attached hydrogens (tertiary/aromatic N) is 1. The van der Waals surface area contributed by atoms with Crippen molar-refractivity contribution in [1.29, 1.82) is 0 Å². The Morgan fingerprint density at radius 2 is 2.04 bits per heavy atom. The number of nitrogens with one attached hydrogen (secondary N) is 2. The Balaban J connectivity index is 1.49. The van der Waals surface area contributed by atoms with Crippen molar-refractivity contribution in [2.75, 3.05) is 13.1 Å². The van der Waals surface area contributed by atoms with Crippen molar-refractivity contribution in [3.63, 3.8) is 0 Å². The van der Waals surface area contributed by atoms with Gasteiger partial charge in [0.05, 0.1) is 16.1 Å². The van der Waals surface area contributed by atoms with Crippen LogP contribution in [0.5, 0.6) is 0 Å². The molecule has 4 rings (SSSR count). The molecule has 1 unspecified atom stereocenters. The monoisotopic (exact) mass is 395 g/mol. The molecule has 27 heavy (non-hydrogen) atoms. The number of hydrogen-bond acceptors (Lipinski definition) is 2. The molecule has 1 saturated heterocycles. The van der Waals surface area contributed by atoms with Crippen LogP contribution in [0, 0.1) is 5.92 Å². The van der Waals surface area contributed by atoms with Crippen LogP contribution in [0.4, 0.5) is 8.78 Å². The quantitative estimate of drug-likeness (QED) is 0.796. The van der Waals surface area contributed by atoms with Crippen LogP contribution in [0.25, 0.3) is 10.9 Å². The molecule has 146 valence electrons. The van der Waals surface area contributed by atoms with Crippen LogP contribution >= 0.6 is 11.6 Å². The second-order valence-electron chi connectivity index (χ2n) is 7.78. The third kappa shape index (κ3) is 3.97. The predicted molar refractivity (Wildman–Crippen MR) is 103 cm³/mol. The topological polar surface area (TPSA) is 46.1 Å². The SMILES string of the molecule is O=C(NCC1CCC(F)(F)CC1)c1cn(CC2CCN2)c2cccc(Cl)c12. The average molecular weight is 396 g/mol. The summed E-state index contributed by atoms with van der Waals surface area (Å²) in [7, 11) is 0. The van der Waals surface area contributed by atoms with Gasteiger partial charge in [0, 0.05) is 43.6 Å². The normalized spacial score (nSPS) is 22.6. The van der Waals surface area contributed by atoms with E-state index >= 15 is 0 Å². The standard InChI is InChI=1S/C20H24ClF2N3O/c21-16-2-1-3-17-18(16)15(12-26(17)11-14-6-9-24-14)19(27)25-10-13-4-7-20(22,23)8-5-13/h1-3,12-14,24H,4-11H2,(H,25,27). The second kappa shape index (κ2) is 7.40. The maximum atomic E-state index is 13.3. The highest BCUT2D eigenvalue weighted by molar-refractivity contribution is 6.36. The van der Waals surface area contributed by atoms with E-state index in [0.717, 1.165) is 30.4 Å². The van der Waals surface area contributed by atoms with E-state index in [0.29, 0.717) is 36.0 Å². The fourth-order valence-electron chi connectivity index (χ4n) is 4.01. The first-order valence-electron chi connectivity index (χ1n) is 9.60. The number of amides is 1. The smallest absolute Gasteiger partial charge is 0.253 e. The molecular weight excluding hydrogens is 372 g/mol. The number of alkyl halides is 2. The Morgan fingerprint density at radius 1 is 1.30 bits per heavy atom. The first-order valence-corrected chi connectivity index (χ1v) is 9.97. The molecule has 4 nitrogen and oxygen atoms in total. The molecule has 1 aromatic carbocycles. The van der Waals surface area contributed by atoms with Crippen molar-refractivity contribution in [3.8, 4) is 0 Å². The van der Waals surface area contributed by atoms with Crippen molar-refractivity contribution in [2.24, 2.45) is 5.92 Å². The molecular formula is C20H24ClF2N3O. The van der Waals surface area contributed by atoms with Gasteiger partial charge in [-0.2, -0.15) is 0 Å². The zero-order valence-electron chi connectivity index (χ0n) is 15.1.